The largest absolute Gasteiger partial charge is 0.346 e. The smallest absolute Gasteiger partial charge is 0.270 e. The van der Waals surface area contributed by atoms with Crippen LogP contribution < -0.4 is 10.2 Å². The van der Waals surface area contributed by atoms with E-state index in [0.717, 1.165) is 18.7 Å². The molecule has 0 fully saturated rings. The molecule has 0 saturated carbocycles. The van der Waals surface area contributed by atoms with Crippen molar-refractivity contribution in [2.45, 2.75) is 19.9 Å². The number of nitrogens with one attached hydrogen (secondary N) is 2. The van der Waals surface area contributed by atoms with Crippen molar-refractivity contribution in [2.75, 3.05) is 19.6 Å². The maximum atomic E-state index is 12.6. The number of nitro groups is 1. The van der Waals surface area contributed by atoms with Gasteiger partial charge in [-0.05, 0) is 26.0 Å². The van der Waals surface area contributed by atoms with Gasteiger partial charge in [0.05, 0.1) is 35.1 Å². The SMILES string of the molecule is CC[NH+](CC)[C@H](CNC(=O)c1ccc([N+](=O)[O-])cc1Cl)c1ccccc1Cl. The van der Waals surface area contributed by atoms with Crippen LogP contribution >= 0.6 is 23.2 Å². The van der Waals surface area contributed by atoms with Gasteiger partial charge in [-0.15, -0.1) is 0 Å². The van der Waals surface area contributed by atoms with Crippen LogP contribution in [-0.4, -0.2) is 30.5 Å². The van der Waals surface area contributed by atoms with E-state index in [-0.39, 0.29) is 28.2 Å². The fraction of sp³-hybridized carbons (Fsp3) is 0.316. The number of hydrogen-bond donors (Lipinski definition) is 2. The predicted octanol–water partition coefficient (Wildman–Crippen LogP) is 3.30. The van der Waals surface area contributed by atoms with Gasteiger partial charge in [-0.25, -0.2) is 0 Å². The molecule has 144 valence electrons. The lowest BCUT2D eigenvalue weighted by atomic mass is 10.0. The number of hydrogen-bond acceptors (Lipinski definition) is 3. The van der Waals surface area contributed by atoms with Crippen LogP contribution in [0, 0.1) is 10.1 Å². The Hall–Kier alpha value is -2.15. The van der Waals surface area contributed by atoms with E-state index in [4.69, 9.17) is 23.2 Å². The van der Waals surface area contributed by atoms with Gasteiger partial charge in [-0.1, -0.05) is 41.4 Å². The first-order valence-corrected chi connectivity index (χ1v) is 9.45. The lowest BCUT2D eigenvalue weighted by Gasteiger charge is -2.28. The number of rotatable bonds is 8. The van der Waals surface area contributed by atoms with E-state index in [0.29, 0.717) is 11.6 Å². The average molecular weight is 411 g/mol. The van der Waals surface area contributed by atoms with Gasteiger partial charge in [-0.2, -0.15) is 0 Å². The van der Waals surface area contributed by atoms with Gasteiger partial charge in [0.25, 0.3) is 11.6 Å². The molecule has 8 heteroatoms. The van der Waals surface area contributed by atoms with Crippen LogP contribution in [0.4, 0.5) is 5.69 Å². The van der Waals surface area contributed by atoms with Gasteiger partial charge in [0.1, 0.15) is 6.04 Å². The molecule has 0 heterocycles. The number of benzene rings is 2. The summed E-state index contributed by atoms with van der Waals surface area (Å²) in [7, 11) is 0. The molecule has 2 aromatic rings. The highest BCUT2D eigenvalue weighted by Gasteiger charge is 2.25. The molecule has 2 N–H and O–H groups in total. The molecule has 27 heavy (non-hydrogen) atoms. The van der Waals surface area contributed by atoms with Crippen LogP contribution in [0.15, 0.2) is 42.5 Å². The van der Waals surface area contributed by atoms with E-state index < -0.39 is 4.92 Å². The minimum atomic E-state index is -0.551. The molecule has 0 aliphatic carbocycles. The van der Waals surface area contributed by atoms with Crippen molar-refractivity contribution in [3.63, 3.8) is 0 Å². The van der Waals surface area contributed by atoms with Crippen LogP contribution in [-0.2, 0) is 0 Å². The molecule has 2 rings (SSSR count). The van der Waals surface area contributed by atoms with E-state index in [1.807, 2.05) is 24.3 Å². The standard InChI is InChI=1S/C19H21Cl2N3O3/c1-3-23(4-2)18(14-7-5-6-8-16(14)20)12-22-19(25)15-10-9-13(24(26)27)11-17(15)21/h5-11,18H,3-4,12H2,1-2H3,(H,22,25)/p+1/t18-/m1/s1. The second kappa shape index (κ2) is 9.69. The molecular formula is C19H22Cl2N3O3+. The molecule has 0 saturated heterocycles. The quantitative estimate of drug-likeness (QED) is 0.517. The fourth-order valence-electron chi connectivity index (χ4n) is 3.07. The van der Waals surface area contributed by atoms with Crippen LogP contribution in [0.5, 0.6) is 0 Å². The summed E-state index contributed by atoms with van der Waals surface area (Å²) in [6.07, 6.45) is 0. The lowest BCUT2D eigenvalue weighted by molar-refractivity contribution is -0.927. The van der Waals surface area contributed by atoms with Crippen molar-refractivity contribution in [1.29, 1.82) is 0 Å². The number of carbonyl (C=O) groups is 1. The molecule has 0 bridgehead atoms. The topological polar surface area (TPSA) is 76.7 Å². The molecule has 0 radical (unpaired) electrons. The summed E-state index contributed by atoms with van der Waals surface area (Å²) in [5.74, 6) is -0.376. The highest BCUT2D eigenvalue weighted by atomic mass is 35.5. The van der Waals surface area contributed by atoms with Crippen molar-refractivity contribution in [3.8, 4) is 0 Å². The Bertz CT molecular complexity index is 826. The summed E-state index contributed by atoms with van der Waals surface area (Å²) in [5, 5.41) is 14.4. The summed E-state index contributed by atoms with van der Waals surface area (Å²) in [4.78, 5) is 24.1. The minimum Gasteiger partial charge on any atom is -0.346 e. The minimum absolute atomic E-state index is 0.0190. The summed E-state index contributed by atoms with van der Waals surface area (Å²) >= 11 is 12.4. The number of amides is 1. The second-order valence-corrected chi connectivity index (χ2v) is 6.89. The fourth-order valence-corrected chi connectivity index (χ4v) is 3.59. The number of non-ortho nitro benzene ring substituents is 1. The maximum Gasteiger partial charge on any atom is 0.270 e. The highest BCUT2D eigenvalue weighted by Crippen LogP contribution is 2.23. The Balaban J connectivity index is 2.20. The molecule has 0 unspecified atom stereocenters. The predicted molar refractivity (Wildman–Crippen MR) is 107 cm³/mol. The summed E-state index contributed by atoms with van der Waals surface area (Å²) < 4.78 is 0. The van der Waals surface area contributed by atoms with E-state index in [9.17, 15) is 14.9 Å². The van der Waals surface area contributed by atoms with Gasteiger partial charge >= 0.3 is 0 Å². The van der Waals surface area contributed by atoms with Crippen LogP contribution in [0.2, 0.25) is 10.0 Å². The Morgan fingerprint density at radius 3 is 2.37 bits per heavy atom. The van der Waals surface area contributed by atoms with E-state index in [1.54, 1.807) is 0 Å². The van der Waals surface area contributed by atoms with Crippen molar-refractivity contribution < 1.29 is 14.6 Å². The first kappa shape index (κ1) is 21.2. The maximum absolute atomic E-state index is 12.6. The Kier molecular flexibility index (Phi) is 7.59. The monoisotopic (exact) mass is 410 g/mol. The van der Waals surface area contributed by atoms with Crippen molar-refractivity contribution >= 4 is 34.8 Å². The zero-order valence-corrected chi connectivity index (χ0v) is 16.7. The normalized spacial score (nSPS) is 12.0. The van der Waals surface area contributed by atoms with Crippen molar-refractivity contribution in [2.24, 2.45) is 0 Å². The van der Waals surface area contributed by atoms with Crippen molar-refractivity contribution in [1.82, 2.24) is 5.32 Å². The number of carbonyl (C=O) groups excluding carboxylic acids is 1. The number of nitrogens with zero attached hydrogens (tertiary/aromatic N) is 1. The second-order valence-electron chi connectivity index (χ2n) is 6.07. The first-order valence-electron chi connectivity index (χ1n) is 8.70. The third-order valence-corrected chi connectivity index (χ3v) is 5.21. The number of quaternary nitrogens is 1. The van der Waals surface area contributed by atoms with Gasteiger partial charge < -0.3 is 10.2 Å². The Labute approximate surface area is 168 Å². The molecular weight excluding hydrogens is 389 g/mol. The number of likely N-dealkylation sites (N-methyl/N-ethyl adjacent to an activating group) is 1. The summed E-state index contributed by atoms with van der Waals surface area (Å²) in [6, 6.07) is 11.4. The molecule has 6 nitrogen and oxygen atoms in total. The van der Waals surface area contributed by atoms with E-state index in [1.165, 1.54) is 23.1 Å². The average Bonchev–Trinajstić information content (AvgIpc) is 2.65. The van der Waals surface area contributed by atoms with Gasteiger partial charge in [0.2, 0.25) is 0 Å². The number of halogens is 2. The van der Waals surface area contributed by atoms with Gasteiger partial charge in [0.15, 0.2) is 0 Å². The number of nitro benzene ring substituents is 1. The molecule has 0 aromatic heterocycles. The Morgan fingerprint density at radius 2 is 1.81 bits per heavy atom. The molecule has 0 aliphatic heterocycles. The summed E-state index contributed by atoms with van der Waals surface area (Å²) in [6.45, 7) is 6.28. The molecule has 0 spiro atoms. The third kappa shape index (κ3) is 5.19. The van der Waals surface area contributed by atoms with Gasteiger partial charge in [0, 0.05) is 22.7 Å². The third-order valence-electron chi connectivity index (χ3n) is 4.56. The van der Waals surface area contributed by atoms with Crippen LogP contribution in [0.25, 0.3) is 0 Å². The summed E-state index contributed by atoms with van der Waals surface area (Å²) in [5.41, 5.74) is 1.01. The van der Waals surface area contributed by atoms with Gasteiger partial charge in [-0.3, -0.25) is 14.9 Å². The van der Waals surface area contributed by atoms with Crippen LogP contribution in [0.1, 0.15) is 35.8 Å². The van der Waals surface area contributed by atoms with E-state index >= 15 is 0 Å². The van der Waals surface area contributed by atoms with Crippen molar-refractivity contribution in [3.05, 3.63) is 73.8 Å². The highest BCUT2D eigenvalue weighted by molar-refractivity contribution is 6.34. The first-order chi connectivity index (χ1) is 12.9. The molecule has 1 atom stereocenters. The zero-order valence-electron chi connectivity index (χ0n) is 15.2. The molecule has 2 aromatic carbocycles. The van der Waals surface area contributed by atoms with E-state index in [2.05, 4.69) is 19.2 Å². The lowest BCUT2D eigenvalue weighted by Crippen LogP contribution is -3.12. The molecule has 0 aliphatic rings. The zero-order chi connectivity index (χ0) is 20.0. The molecule has 1 amide bonds. The van der Waals surface area contributed by atoms with Crippen LogP contribution in [0.3, 0.4) is 0 Å². The Morgan fingerprint density at radius 1 is 1.15 bits per heavy atom.